The fourth-order valence-corrected chi connectivity index (χ4v) is 11.9. The Kier molecular flexibility index (Phi) is 16.9. The summed E-state index contributed by atoms with van der Waals surface area (Å²) in [5, 5.41) is 41.4. The van der Waals surface area contributed by atoms with Gasteiger partial charge in [-0.05, 0) is 152 Å². The van der Waals surface area contributed by atoms with E-state index in [2.05, 4.69) is 72.8 Å². The van der Waals surface area contributed by atoms with Crippen LogP contribution in [0.5, 0.6) is 5.75 Å². The van der Waals surface area contributed by atoms with Gasteiger partial charge in [-0.2, -0.15) is 0 Å². The Morgan fingerprint density at radius 3 is 2.26 bits per heavy atom. The van der Waals surface area contributed by atoms with E-state index in [0.717, 1.165) is 42.4 Å². The number of aliphatic hydroxyl groups is 4. The first-order chi connectivity index (χ1) is 36.0. The normalized spacial score (nSPS) is 23.2. The largest absolute Gasteiger partial charge is 0.483 e. The molecule has 12 heteroatoms. The Morgan fingerprint density at radius 2 is 1.54 bits per heavy atom. The minimum atomic E-state index is -1.37. The molecule has 0 spiro atoms. The van der Waals surface area contributed by atoms with Gasteiger partial charge in [0.1, 0.15) is 23.7 Å². The van der Waals surface area contributed by atoms with E-state index in [1.54, 1.807) is 19.1 Å². The number of hydrogen-bond donors (Lipinski definition) is 4. The number of rotatable bonds is 15. The van der Waals surface area contributed by atoms with Crippen molar-refractivity contribution < 1.29 is 53.4 Å². The molecule has 4 heterocycles. The first-order valence-corrected chi connectivity index (χ1v) is 26.2. The highest BCUT2D eigenvalue weighted by Gasteiger charge is 2.53. The van der Waals surface area contributed by atoms with Crippen LogP contribution >= 0.6 is 0 Å². The first kappa shape index (κ1) is 52.5. The number of hydrogen-bond acceptors (Lipinski definition) is 12. The van der Waals surface area contributed by atoms with Crippen molar-refractivity contribution >= 4 is 22.9 Å². The summed E-state index contributed by atoms with van der Waals surface area (Å²) in [5.41, 5.74) is 5.97. The highest BCUT2D eigenvalue weighted by Crippen LogP contribution is 2.51. The molecule has 74 heavy (non-hydrogen) atoms. The first-order valence-electron chi connectivity index (χ1n) is 26.2. The van der Waals surface area contributed by atoms with Gasteiger partial charge in [-0.3, -0.25) is 4.79 Å². The smallest absolute Gasteiger partial charge is 0.340 e. The zero-order chi connectivity index (χ0) is 51.8. The van der Waals surface area contributed by atoms with Gasteiger partial charge in [0.25, 0.3) is 0 Å². The summed E-state index contributed by atoms with van der Waals surface area (Å²) < 4.78 is 32.1. The Hall–Kier alpha value is -6.41. The molecule has 3 aliphatic heterocycles. The van der Waals surface area contributed by atoms with Gasteiger partial charge in [0.05, 0.1) is 25.4 Å². The van der Waals surface area contributed by atoms with E-state index in [1.807, 2.05) is 43.3 Å². The third kappa shape index (κ3) is 11.6. The van der Waals surface area contributed by atoms with Crippen LogP contribution in [0.1, 0.15) is 139 Å². The summed E-state index contributed by atoms with van der Waals surface area (Å²) in [4.78, 5) is 44.6. The lowest BCUT2D eigenvalue weighted by Crippen LogP contribution is -2.54. The number of esters is 2. The molecule has 0 radical (unpaired) electrons. The van der Waals surface area contributed by atoms with E-state index < -0.39 is 54.7 Å². The molecule has 1 aliphatic carbocycles. The summed E-state index contributed by atoms with van der Waals surface area (Å²) >= 11 is 0. The molecule has 388 valence electrons. The average Bonchev–Trinajstić information content (AvgIpc) is 3.41. The number of benzene rings is 5. The maximum atomic E-state index is 15.3. The number of aliphatic hydroxyl groups excluding tert-OH is 4. The molecule has 2 bridgehead atoms. The van der Waals surface area contributed by atoms with Crippen LogP contribution in [0.3, 0.4) is 0 Å². The summed E-state index contributed by atoms with van der Waals surface area (Å²) in [6.07, 6.45) is 3.12. The lowest BCUT2D eigenvalue weighted by atomic mass is 9.68. The molecule has 7 atom stereocenters. The van der Waals surface area contributed by atoms with Gasteiger partial charge in [-0.15, -0.1) is 0 Å². The van der Waals surface area contributed by atoms with Crippen molar-refractivity contribution in [1.82, 2.24) is 0 Å². The zero-order valence-electron chi connectivity index (χ0n) is 42.4. The molecule has 7 unspecified atom stereocenters. The molecular formula is C62H68O12. The van der Waals surface area contributed by atoms with Gasteiger partial charge in [0.15, 0.2) is 12.2 Å². The van der Waals surface area contributed by atoms with Gasteiger partial charge in [-0.25, -0.2) is 9.59 Å². The van der Waals surface area contributed by atoms with Crippen LogP contribution in [-0.2, 0) is 49.7 Å². The summed E-state index contributed by atoms with van der Waals surface area (Å²) in [6, 6.07) is 41.0. The molecule has 6 aromatic rings. The third-order valence-corrected chi connectivity index (χ3v) is 15.8. The molecular weight excluding hydrogens is 937 g/mol. The van der Waals surface area contributed by atoms with Gasteiger partial charge >= 0.3 is 17.6 Å². The van der Waals surface area contributed by atoms with Crippen LogP contribution in [0.25, 0.3) is 11.0 Å². The van der Waals surface area contributed by atoms with Crippen LogP contribution in [0.15, 0.2) is 142 Å². The van der Waals surface area contributed by atoms with Crippen LogP contribution in [0.4, 0.5) is 0 Å². The highest BCUT2D eigenvalue weighted by atomic mass is 16.6. The Labute approximate surface area is 432 Å². The fraction of sp³-hybridized carbons (Fsp3) is 0.403. The molecule has 1 aromatic heterocycles. The topological polar surface area (TPSA) is 182 Å². The van der Waals surface area contributed by atoms with Gasteiger partial charge in [0.2, 0.25) is 0 Å². The second-order valence-electron chi connectivity index (χ2n) is 20.6. The number of carbonyl (C=O) groups is 2. The Morgan fingerprint density at radius 1 is 0.797 bits per heavy atom. The quantitative estimate of drug-likeness (QED) is 0.0331. The SMILES string of the molecule is CC(CO)=C1CCc2ccc(cc2)C2CCC(c3cccc(Cc4ccccc4)c3)CC2CC(=O)OC2c3c(ccc4c(CO)c(C(CCO)COCO)c(=O)oc34)OC(C)(CCCc3ccccc3)C2OC1=O. The van der Waals surface area contributed by atoms with Crippen LogP contribution < -0.4 is 10.4 Å². The van der Waals surface area contributed by atoms with Crippen molar-refractivity contribution in [3.05, 3.63) is 193 Å². The van der Waals surface area contributed by atoms with Crippen molar-refractivity contribution in [3.63, 3.8) is 0 Å². The number of carbonyl (C=O) groups excluding carboxylic acids is 2. The van der Waals surface area contributed by atoms with Gasteiger partial charge < -0.3 is 43.8 Å². The van der Waals surface area contributed by atoms with Crippen molar-refractivity contribution in [2.24, 2.45) is 5.92 Å². The summed E-state index contributed by atoms with van der Waals surface area (Å²) in [7, 11) is 0. The fourth-order valence-electron chi connectivity index (χ4n) is 11.9. The number of ether oxygens (including phenoxy) is 4. The van der Waals surface area contributed by atoms with E-state index in [4.69, 9.17) is 23.4 Å². The number of aryl methyl sites for hydroxylation is 2. The third-order valence-electron chi connectivity index (χ3n) is 15.8. The lowest BCUT2D eigenvalue weighted by Gasteiger charge is -2.45. The van der Waals surface area contributed by atoms with Crippen molar-refractivity contribution in [3.8, 4) is 5.75 Å². The second-order valence-corrected chi connectivity index (χ2v) is 20.6. The second kappa shape index (κ2) is 23.9. The predicted molar refractivity (Wildman–Crippen MR) is 281 cm³/mol. The van der Waals surface area contributed by atoms with E-state index in [0.29, 0.717) is 36.6 Å². The monoisotopic (exact) mass is 1000 g/mol. The molecule has 5 aromatic carbocycles. The van der Waals surface area contributed by atoms with E-state index in [-0.39, 0.29) is 90.4 Å². The van der Waals surface area contributed by atoms with E-state index in [9.17, 15) is 30.0 Å². The lowest BCUT2D eigenvalue weighted by molar-refractivity contribution is -0.192. The molecule has 1 fully saturated rings. The van der Waals surface area contributed by atoms with E-state index in [1.165, 1.54) is 16.7 Å². The van der Waals surface area contributed by atoms with E-state index >= 15 is 4.79 Å². The molecule has 1 saturated carbocycles. The Balaban J connectivity index is 1.17. The Bertz CT molecular complexity index is 2980. The molecule has 0 amide bonds. The van der Waals surface area contributed by atoms with Crippen LogP contribution in [-0.4, -0.2) is 70.7 Å². The molecule has 10 rings (SSSR count). The highest BCUT2D eigenvalue weighted by molar-refractivity contribution is 5.90. The molecule has 4 aliphatic rings. The molecule has 12 nitrogen and oxygen atoms in total. The van der Waals surface area contributed by atoms with Crippen LogP contribution in [0, 0.1) is 5.92 Å². The van der Waals surface area contributed by atoms with Crippen molar-refractivity contribution in [2.45, 2.75) is 127 Å². The summed E-state index contributed by atoms with van der Waals surface area (Å²) in [6.45, 7) is 1.48. The van der Waals surface area contributed by atoms with Gasteiger partial charge in [-0.1, -0.05) is 109 Å². The minimum Gasteiger partial charge on any atom is -0.483 e. The van der Waals surface area contributed by atoms with Gasteiger partial charge in [0, 0.05) is 35.5 Å². The maximum Gasteiger partial charge on any atom is 0.340 e. The maximum absolute atomic E-state index is 15.3. The zero-order valence-corrected chi connectivity index (χ0v) is 42.4. The number of fused-ring (bicyclic) bond motifs is 11. The summed E-state index contributed by atoms with van der Waals surface area (Å²) in [5.74, 6) is -1.66. The average molecular weight is 1010 g/mol. The van der Waals surface area contributed by atoms with Crippen molar-refractivity contribution in [2.75, 3.05) is 26.6 Å². The van der Waals surface area contributed by atoms with Crippen LogP contribution in [0.2, 0.25) is 0 Å². The predicted octanol–water partition coefficient (Wildman–Crippen LogP) is 9.99. The van der Waals surface area contributed by atoms with Crippen molar-refractivity contribution in [1.29, 1.82) is 0 Å². The molecule has 0 saturated heterocycles. The molecule has 4 N–H and O–H groups in total. The minimum absolute atomic E-state index is 0.0152. The standard InChI is InChI=1S/C62H68O12/c1-39(35-64)49-24-20-41-18-21-44(22-19-41)50-25-23-46(45-17-9-15-43(32-45)31-42-13-7-4-8-14-42)33-48(50)34-54(67)71-58-56-53(74-62(2,59(58)73-60(49)68)29-10-16-40-11-5-3-6-12-40)27-26-51-52(36-65)55(61(69)72-57(51)56)47(28-30-63)37-70-38-66/h3-9,11-15,17-19,21-22,26-27,32,46-48,50,58-59,63-66H,10,16,20,23-25,28-31,33-38H2,1-2H3.